The molecule has 1 N–H and O–H groups in total. The average molecular weight is 301 g/mol. The Morgan fingerprint density at radius 1 is 1.36 bits per heavy atom. The Labute approximate surface area is 132 Å². The number of benzene rings is 1. The smallest absolute Gasteiger partial charge is 0.341 e. The fraction of sp³-hybridized carbons (Fsp3) is 0.471. The zero-order chi connectivity index (χ0) is 15.9. The van der Waals surface area contributed by atoms with Gasteiger partial charge in [-0.25, -0.2) is 4.79 Å². The van der Waals surface area contributed by atoms with Crippen LogP contribution in [0.2, 0.25) is 0 Å². The Hall–Kier alpha value is -2.19. The summed E-state index contributed by atoms with van der Waals surface area (Å²) < 4.78 is 5.11. The van der Waals surface area contributed by atoms with E-state index in [9.17, 15) is 4.79 Å². The highest BCUT2D eigenvalue weighted by molar-refractivity contribution is 5.97. The van der Waals surface area contributed by atoms with Crippen molar-refractivity contribution in [3.05, 3.63) is 23.8 Å². The first kappa shape index (κ1) is 16.2. The predicted octanol–water partition coefficient (Wildman–Crippen LogP) is 1.66. The Morgan fingerprint density at radius 2 is 2.09 bits per heavy atom. The van der Waals surface area contributed by atoms with Crippen LogP contribution in [0.1, 0.15) is 17.3 Å². The van der Waals surface area contributed by atoms with Crippen LogP contribution in [-0.2, 0) is 4.74 Å². The van der Waals surface area contributed by atoms with E-state index in [1.165, 1.54) is 0 Å². The van der Waals surface area contributed by atoms with E-state index in [0.29, 0.717) is 5.56 Å². The van der Waals surface area contributed by atoms with E-state index in [0.717, 1.165) is 44.1 Å². The molecule has 118 valence electrons. The van der Waals surface area contributed by atoms with Gasteiger partial charge in [-0.15, -0.1) is 6.42 Å². The van der Waals surface area contributed by atoms with Gasteiger partial charge in [-0.3, -0.25) is 0 Å². The lowest BCUT2D eigenvalue weighted by atomic mass is 10.1. The van der Waals surface area contributed by atoms with Gasteiger partial charge in [0.15, 0.2) is 6.61 Å². The lowest BCUT2D eigenvalue weighted by Gasteiger charge is -2.36. The monoisotopic (exact) mass is 301 g/mol. The molecule has 22 heavy (non-hydrogen) atoms. The zero-order valence-electron chi connectivity index (χ0n) is 13.3. The molecule has 0 spiro atoms. The number of nitrogens with one attached hydrogen (secondary N) is 1. The maximum atomic E-state index is 12.3. The van der Waals surface area contributed by atoms with Crippen molar-refractivity contribution in [3.63, 3.8) is 0 Å². The third kappa shape index (κ3) is 3.71. The number of anilines is 2. The van der Waals surface area contributed by atoms with Crippen molar-refractivity contribution in [1.29, 1.82) is 0 Å². The first-order valence-corrected chi connectivity index (χ1v) is 7.59. The molecule has 0 radical (unpaired) electrons. The summed E-state index contributed by atoms with van der Waals surface area (Å²) in [5.41, 5.74) is 2.35. The summed E-state index contributed by atoms with van der Waals surface area (Å²) in [7, 11) is 1.82. The number of hydrogen-bond donors (Lipinski definition) is 1. The number of esters is 1. The number of rotatable bonds is 5. The van der Waals surface area contributed by atoms with Crippen LogP contribution in [0.25, 0.3) is 0 Å². The number of carbonyl (C=O) groups is 1. The highest BCUT2D eigenvalue weighted by Gasteiger charge is 2.22. The van der Waals surface area contributed by atoms with Gasteiger partial charge in [0.2, 0.25) is 0 Å². The van der Waals surface area contributed by atoms with Gasteiger partial charge >= 0.3 is 5.97 Å². The summed E-state index contributed by atoms with van der Waals surface area (Å²) in [6, 6.07) is 5.76. The second-order valence-corrected chi connectivity index (χ2v) is 5.18. The van der Waals surface area contributed by atoms with Gasteiger partial charge in [-0.2, -0.15) is 0 Å². The van der Waals surface area contributed by atoms with Gasteiger partial charge in [0, 0.05) is 38.9 Å². The minimum Gasteiger partial charge on any atom is -0.449 e. The number of carbonyl (C=O) groups excluding carboxylic acids is 1. The number of hydrogen-bond acceptors (Lipinski definition) is 5. The Bertz CT molecular complexity index is 558. The third-order valence-electron chi connectivity index (χ3n) is 3.95. The average Bonchev–Trinajstić information content (AvgIpc) is 2.59. The van der Waals surface area contributed by atoms with Gasteiger partial charge in [0.25, 0.3) is 0 Å². The van der Waals surface area contributed by atoms with Crippen molar-refractivity contribution in [2.45, 2.75) is 6.92 Å². The number of piperazine rings is 1. The summed E-state index contributed by atoms with van der Waals surface area (Å²) in [6.07, 6.45) is 5.17. The Kier molecular flexibility index (Phi) is 5.68. The van der Waals surface area contributed by atoms with E-state index >= 15 is 0 Å². The van der Waals surface area contributed by atoms with Crippen LogP contribution in [0.3, 0.4) is 0 Å². The van der Waals surface area contributed by atoms with E-state index < -0.39 is 0 Å². The molecule has 0 amide bonds. The van der Waals surface area contributed by atoms with Crippen LogP contribution in [0.15, 0.2) is 18.2 Å². The van der Waals surface area contributed by atoms with Crippen LogP contribution < -0.4 is 10.2 Å². The van der Waals surface area contributed by atoms with E-state index in [2.05, 4.69) is 28.0 Å². The summed E-state index contributed by atoms with van der Waals surface area (Å²) in [4.78, 5) is 16.9. The highest BCUT2D eigenvalue weighted by atomic mass is 16.5. The second kappa shape index (κ2) is 7.71. The van der Waals surface area contributed by atoms with Crippen molar-refractivity contribution in [1.82, 2.24) is 4.90 Å². The molecule has 0 saturated carbocycles. The first-order valence-electron chi connectivity index (χ1n) is 7.59. The molecule has 1 aromatic carbocycles. The Morgan fingerprint density at radius 3 is 2.68 bits per heavy atom. The minimum atomic E-state index is -0.372. The fourth-order valence-electron chi connectivity index (χ4n) is 2.62. The molecule has 5 nitrogen and oxygen atoms in total. The van der Waals surface area contributed by atoms with Crippen LogP contribution in [-0.4, -0.2) is 57.2 Å². The van der Waals surface area contributed by atoms with Crippen LogP contribution >= 0.6 is 0 Å². The van der Waals surface area contributed by atoms with E-state index in [-0.39, 0.29) is 12.6 Å². The second-order valence-electron chi connectivity index (χ2n) is 5.18. The molecule has 5 heteroatoms. The lowest BCUT2D eigenvalue weighted by molar-refractivity contribution is 0.0557. The molecule has 1 aromatic rings. The van der Waals surface area contributed by atoms with Gasteiger partial charge in [-0.05, 0) is 24.7 Å². The molecule has 1 aliphatic rings. The summed E-state index contributed by atoms with van der Waals surface area (Å²) in [6.45, 7) is 7.03. The van der Waals surface area contributed by atoms with Crippen LogP contribution in [0, 0.1) is 12.3 Å². The molecular weight excluding hydrogens is 278 g/mol. The molecule has 1 aliphatic heterocycles. The molecule has 1 fully saturated rings. The molecule has 0 unspecified atom stereocenters. The minimum absolute atomic E-state index is 0.00827. The van der Waals surface area contributed by atoms with Crippen LogP contribution in [0.4, 0.5) is 11.4 Å². The van der Waals surface area contributed by atoms with E-state index in [1.807, 2.05) is 25.2 Å². The SMILES string of the molecule is C#CCOC(=O)c1cc(NC)ccc1N1CCN(CC)CC1. The van der Waals surface area contributed by atoms with Crippen molar-refractivity contribution in [2.75, 3.05) is 56.6 Å². The highest BCUT2D eigenvalue weighted by Crippen LogP contribution is 2.26. The summed E-state index contributed by atoms with van der Waals surface area (Å²) in [5.74, 6) is 1.96. The number of likely N-dealkylation sites (N-methyl/N-ethyl adjacent to an activating group) is 1. The number of terminal acetylenes is 1. The standard InChI is InChI=1S/C17H23N3O2/c1-4-12-22-17(21)15-13-14(18-3)6-7-16(15)20-10-8-19(5-2)9-11-20/h1,6-7,13,18H,5,8-12H2,2-3H3. The quantitative estimate of drug-likeness (QED) is 0.662. The fourth-order valence-corrected chi connectivity index (χ4v) is 2.62. The van der Waals surface area contributed by atoms with E-state index in [1.54, 1.807) is 0 Å². The first-order chi connectivity index (χ1) is 10.7. The Balaban J connectivity index is 2.23. The van der Waals surface area contributed by atoms with Crippen molar-refractivity contribution < 1.29 is 9.53 Å². The molecule has 0 aliphatic carbocycles. The van der Waals surface area contributed by atoms with E-state index in [4.69, 9.17) is 11.2 Å². The van der Waals surface area contributed by atoms with Crippen molar-refractivity contribution >= 4 is 17.3 Å². The van der Waals surface area contributed by atoms with Gasteiger partial charge in [0.1, 0.15) is 0 Å². The number of ether oxygens (including phenoxy) is 1. The molecule has 1 saturated heterocycles. The molecule has 0 bridgehead atoms. The van der Waals surface area contributed by atoms with Gasteiger partial charge < -0.3 is 19.9 Å². The predicted molar refractivity (Wildman–Crippen MR) is 89.4 cm³/mol. The molecule has 0 aromatic heterocycles. The largest absolute Gasteiger partial charge is 0.449 e. The van der Waals surface area contributed by atoms with Gasteiger partial charge in [-0.1, -0.05) is 12.8 Å². The van der Waals surface area contributed by atoms with Crippen molar-refractivity contribution in [2.24, 2.45) is 0 Å². The lowest BCUT2D eigenvalue weighted by Crippen LogP contribution is -2.46. The molecule has 0 atom stereocenters. The maximum absolute atomic E-state index is 12.3. The molecular formula is C17H23N3O2. The zero-order valence-corrected chi connectivity index (χ0v) is 13.3. The summed E-state index contributed by atoms with van der Waals surface area (Å²) >= 11 is 0. The normalized spacial score (nSPS) is 15.2. The molecule has 2 rings (SSSR count). The van der Waals surface area contributed by atoms with Crippen molar-refractivity contribution in [3.8, 4) is 12.3 Å². The third-order valence-corrected chi connectivity index (χ3v) is 3.95. The summed E-state index contributed by atoms with van der Waals surface area (Å²) in [5, 5.41) is 3.05. The maximum Gasteiger partial charge on any atom is 0.341 e. The number of nitrogens with zero attached hydrogens (tertiary/aromatic N) is 2. The van der Waals surface area contributed by atoms with Gasteiger partial charge in [0.05, 0.1) is 11.3 Å². The van der Waals surface area contributed by atoms with Crippen LogP contribution in [0.5, 0.6) is 0 Å². The topological polar surface area (TPSA) is 44.8 Å². The molecule has 1 heterocycles.